The van der Waals surface area contributed by atoms with Crippen molar-refractivity contribution in [2.24, 2.45) is 23.7 Å². The van der Waals surface area contributed by atoms with Gasteiger partial charge in [0.15, 0.2) is 0 Å². The molecule has 10 heteroatoms. The van der Waals surface area contributed by atoms with E-state index in [1.807, 2.05) is 25.1 Å². The zero-order valence-corrected chi connectivity index (χ0v) is 31.9. The van der Waals surface area contributed by atoms with Crippen molar-refractivity contribution < 1.29 is 17.9 Å². The van der Waals surface area contributed by atoms with Crippen LogP contribution in [0.3, 0.4) is 0 Å². The molecule has 8 rings (SSSR count). The number of carbonyl (C=O) groups is 1. The van der Waals surface area contributed by atoms with Crippen molar-refractivity contribution in [2.75, 3.05) is 57.3 Å². The molecule has 0 unspecified atom stereocenters. The maximum Gasteiger partial charge on any atom is 0.264 e. The number of nitrogens with one attached hydrogen (secondary N) is 1. The van der Waals surface area contributed by atoms with Crippen molar-refractivity contribution in [1.29, 1.82) is 0 Å². The average molecular weight is 735 g/mol. The number of benzene rings is 2. The summed E-state index contributed by atoms with van der Waals surface area (Å²) < 4.78 is 36.2. The highest BCUT2D eigenvalue weighted by molar-refractivity contribution is 7.90. The van der Waals surface area contributed by atoms with Gasteiger partial charge in [0, 0.05) is 61.3 Å². The van der Waals surface area contributed by atoms with Crippen molar-refractivity contribution in [3.8, 4) is 5.75 Å². The first-order valence-electron chi connectivity index (χ1n) is 19.6. The monoisotopic (exact) mass is 734 g/mol. The van der Waals surface area contributed by atoms with Gasteiger partial charge in [-0.15, -0.1) is 0 Å². The van der Waals surface area contributed by atoms with Crippen molar-refractivity contribution in [3.05, 3.63) is 70.3 Å². The Morgan fingerprint density at radius 1 is 1.00 bits per heavy atom. The summed E-state index contributed by atoms with van der Waals surface area (Å²) in [6.45, 7) is 11.6. The Bertz CT molecular complexity index is 1770. The number of hydrogen-bond donors (Lipinski definition) is 1. The summed E-state index contributed by atoms with van der Waals surface area (Å²) in [6, 6.07) is 12.5. The smallest absolute Gasteiger partial charge is 0.264 e. The molecule has 276 valence electrons. The van der Waals surface area contributed by atoms with E-state index in [-0.39, 0.29) is 11.3 Å². The summed E-state index contributed by atoms with van der Waals surface area (Å²) in [5.41, 5.74) is 3.63. The molecule has 8 nitrogen and oxygen atoms in total. The molecule has 1 saturated carbocycles. The number of halogens is 1. The normalized spacial score (nSPS) is 34.9. The molecule has 1 N–H and O–H groups in total. The van der Waals surface area contributed by atoms with Crippen LogP contribution in [0, 0.1) is 23.7 Å². The number of carbonyl (C=O) groups excluding carboxylic acids is 1. The Hall–Kier alpha value is -2.59. The molecule has 4 heterocycles. The second-order valence-electron chi connectivity index (χ2n) is 16.7. The summed E-state index contributed by atoms with van der Waals surface area (Å²) in [4.78, 5) is 21.5. The van der Waals surface area contributed by atoms with Gasteiger partial charge in [-0.3, -0.25) is 14.6 Å². The minimum atomic E-state index is -3.89. The lowest BCUT2D eigenvalue weighted by Crippen LogP contribution is -2.56. The van der Waals surface area contributed by atoms with E-state index in [0.717, 1.165) is 75.0 Å². The van der Waals surface area contributed by atoms with Crippen LogP contribution in [-0.2, 0) is 21.9 Å². The van der Waals surface area contributed by atoms with Gasteiger partial charge in [-0.25, -0.2) is 13.1 Å². The largest absolute Gasteiger partial charge is 0.490 e. The molecule has 2 saturated heterocycles. The van der Waals surface area contributed by atoms with Crippen LogP contribution in [-0.4, -0.2) is 87.8 Å². The number of nitrogens with zero attached hydrogens (tertiary/aromatic N) is 3. The molecule has 2 aromatic rings. The fourth-order valence-electron chi connectivity index (χ4n) is 10.2. The summed E-state index contributed by atoms with van der Waals surface area (Å²) in [5.74, 6) is 1.50. The van der Waals surface area contributed by atoms with Gasteiger partial charge in [0.25, 0.3) is 5.91 Å². The molecule has 2 bridgehead atoms. The van der Waals surface area contributed by atoms with Crippen molar-refractivity contribution in [1.82, 2.24) is 14.5 Å². The maximum atomic E-state index is 13.6. The number of piperazine rings is 1. The van der Waals surface area contributed by atoms with Crippen LogP contribution in [0.2, 0.25) is 5.02 Å². The second kappa shape index (κ2) is 14.3. The van der Waals surface area contributed by atoms with Crippen LogP contribution in [0.15, 0.2) is 48.6 Å². The zero-order valence-electron chi connectivity index (χ0n) is 30.4. The molecular formula is C41H55ClN4O4S. The molecule has 3 fully saturated rings. The number of rotatable bonds is 2. The molecular weight excluding hydrogens is 680 g/mol. The van der Waals surface area contributed by atoms with Crippen LogP contribution in [0.1, 0.15) is 86.7 Å². The molecule has 1 amide bonds. The molecule has 2 aliphatic carbocycles. The van der Waals surface area contributed by atoms with Crippen molar-refractivity contribution >= 4 is 33.2 Å². The Labute approximate surface area is 310 Å². The number of amides is 1. The minimum Gasteiger partial charge on any atom is -0.490 e. The van der Waals surface area contributed by atoms with Crippen molar-refractivity contribution in [3.63, 3.8) is 0 Å². The Morgan fingerprint density at radius 3 is 2.73 bits per heavy atom. The van der Waals surface area contributed by atoms with Crippen molar-refractivity contribution in [2.45, 2.75) is 88.3 Å². The predicted molar refractivity (Wildman–Crippen MR) is 204 cm³/mol. The molecule has 0 aromatic heterocycles. The number of ether oxygens (including phenoxy) is 1. The van der Waals surface area contributed by atoms with Crippen LogP contribution >= 0.6 is 11.6 Å². The fourth-order valence-corrected chi connectivity index (χ4v) is 11.7. The van der Waals surface area contributed by atoms with E-state index >= 15 is 0 Å². The van der Waals surface area contributed by atoms with Crippen LogP contribution < -0.4 is 14.4 Å². The fraction of sp³-hybridized carbons (Fsp3) is 0.634. The first-order chi connectivity index (χ1) is 24.6. The van der Waals surface area contributed by atoms with E-state index in [0.29, 0.717) is 42.4 Å². The summed E-state index contributed by atoms with van der Waals surface area (Å²) in [5, 5.41) is 0.0537. The number of piperidine rings is 1. The quantitative estimate of drug-likeness (QED) is 0.346. The molecule has 7 atom stereocenters. The molecule has 6 aliphatic rings. The molecule has 51 heavy (non-hydrogen) atoms. The number of allylic oxidation sites excluding steroid dienone is 1. The standard InChI is InChI=1S/C41H55ClN4O4S/c1-28-7-5-8-32(23-44-19-20-45-18-4-3-10-35(45)25-44)36-14-11-33(36)24-46-26-41(17-6-9-30-21-34(42)13-15-37(30)41)27-50-39-16-12-31(22-38(39)46)40(47)43-51(48,49)29(28)2/h5,8,12-13,15-16,21-22,28-29,32-33,35-36H,3-4,6-7,9-11,14,17-20,23-27H2,1-2H3,(H,43,47)/b8-5+/t28-,29+,32+,33-,35+,36-,41-/m0/s1. The minimum absolute atomic E-state index is 0.136. The van der Waals surface area contributed by atoms with E-state index in [1.54, 1.807) is 13.0 Å². The average Bonchev–Trinajstić information content (AvgIpc) is 3.25. The lowest BCUT2D eigenvalue weighted by Gasteiger charge is -2.48. The van der Waals surface area contributed by atoms with Crippen LogP contribution in [0.25, 0.3) is 0 Å². The van der Waals surface area contributed by atoms with Gasteiger partial charge < -0.3 is 9.64 Å². The van der Waals surface area contributed by atoms with Gasteiger partial charge in [-0.1, -0.05) is 43.2 Å². The third-order valence-corrected chi connectivity index (χ3v) is 15.7. The van der Waals surface area contributed by atoms with E-state index < -0.39 is 21.2 Å². The number of hydrogen-bond acceptors (Lipinski definition) is 7. The van der Waals surface area contributed by atoms with Gasteiger partial charge >= 0.3 is 0 Å². The van der Waals surface area contributed by atoms with Gasteiger partial charge in [0.05, 0.1) is 17.5 Å². The zero-order chi connectivity index (χ0) is 35.3. The third kappa shape index (κ3) is 7.09. The lowest BCUT2D eigenvalue weighted by molar-refractivity contribution is 0.0281. The van der Waals surface area contributed by atoms with Crippen LogP contribution in [0.5, 0.6) is 5.75 Å². The van der Waals surface area contributed by atoms with E-state index in [4.69, 9.17) is 16.3 Å². The number of aryl methyl sites for hydroxylation is 1. The SMILES string of the molecule is C[C@@H]1[C@@H](C)C/C=C/[C@H](CN2CCN3CCCC[C@@H]3C2)[C@@H]2CC[C@H]2CN2C[C@@]3(CCCc4cc(Cl)ccc43)COc3ccc(cc32)C(=O)NS1(=O)=O. The highest BCUT2D eigenvalue weighted by Crippen LogP contribution is 2.48. The lowest BCUT2D eigenvalue weighted by atomic mass is 9.65. The Balaban J connectivity index is 1.15. The van der Waals surface area contributed by atoms with Gasteiger partial charge in [-0.2, -0.15) is 0 Å². The molecule has 4 aliphatic heterocycles. The second-order valence-corrected chi connectivity index (χ2v) is 19.2. The third-order valence-electron chi connectivity index (χ3n) is 13.6. The molecule has 1 spiro atoms. The summed E-state index contributed by atoms with van der Waals surface area (Å²) in [7, 11) is -3.89. The Morgan fingerprint density at radius 2 is 1.88 bits per heavy atom. The first-order valence-corrected chi connectivity index (χ1v) is 21.5. The highest BCUT2D eigenvalue weighted by Gasteiger charge is 2.45. The van der Waals surface area contributed by atoms with Gasteiger partial charge in [0.2, 0.25) is 10.0 Å². The van der Waals surface area contributed by atoms with E-state index in [9.17, 15) is 13.2 Å². The molecule has 0 radical (unpaired) electrons. The van der Waals surface area contributed by atoms with Crippen LogP contribution in [0.4, 0.5) is 5.69 Å². The predicted octanol–water partition coefficient (Wildman–Crippen LogP) is 6.67. The topological polar surface area (TPSA) is 82.2 Å². The Kier molecular flexibility index (Phi) is 9.96. The first kappa shape index (κ1) is 35.4. The number of fused-ring (bicyclic) bond motifs is 5. The molecule has 2 aromatic carbocycles. The summed E-state index contributed by atoms with van der Waals surface area (Å²) in [6.07, 6.45) is 14.8. The summed E-state index contributed by atoms with van der Waals surface area (Å²) >= 11 is 6.50. The number of anilines is 1. The van der Waals surface area contributed by atoms with E-state index in [1.165, 1.54) is 49.8 Å². The maximum absolute atomic E-state index is 13.6. The number of sulfonamides is 1. The van der Waals surface area contributed by atoms with Gasteiger partial charge in [-0.05, 0) is 130 Å². The van der Waals surface area contributed by atoms with E-state index in [2.05, 4.69) is 43.7 Å². The highest BCUT2D eigenvalue weighted by atomic mass is 35.5. The van der Waals surface area contributed by atoms with Gasteiger partial charge in [0.1, 0.15) is 5.75 Å².